The number of likely N-dealkylation sites (N-methyl/N-ethyl adjacent to an activating group) is 1. The van der Waals surface area contributed by atoms with Gasteiger partial charge in [-0.3, -0.25) is 4.79 Å². The lowest BCUT2D eigenvalue weighted by Gasteiger charge is -2.47. The molecule has 0 saturated carbocycles. The Balaban J connectivity index is 0.00000432. The van der Waals surface area contributed by atoms with Crippen molar-refractivity contribution in [1.82, 2.24) is 4.90 Å². The fourth-order valence-electron chi connectivity index (χ4n) is 5.43. The third-order valence-corrected chi connectivity index (χ3v) is 6.98. The average Bonchev–Trinajstić information content (AvgIpc) is 2.80. The van der Waals surface area contributed by atoms with Gasteiger partial charge in [0.1, 0.15) is 11.4 Å². The summed E-state index contributed by atoms with van der Waals surface area (Å²) >= 11 is 0. The largest absolute Gasteiger partial charge is 0.493 e. The van der Waals surface area contributed by atoms with Crippen LogP contribution in [0.4, 0.5) is 4.39 Å². The van der Waals surface area contributed by atoms with Crippen molar-refractivity contribution in [3.63, 3.8) is 0 Å². The zero-order valence-electron chi connectivity index (χ0n) is 21.7. The number of fused-ring (bicyclic) bond motifs is 1. The molecule has 0 saturated heterocycles. The quantitative estimate of drug-likeness (QED) is 0.379. The molecular formula is C28H39ClFNO4. The maximum Gasteiger partial charge on any atom is 0.303 e. The van der Waals surface area contributed by atoms with E-state index in [0.717, 1.165) is 48.6 Å². The second-order valence-electron chi connectivity index (χ2n) is 9.72. The van der Waals surface area contributed by atoms with Gasteiger partial charge in [-0.15, -0.1) is 12.4 Å². The van der Waals surface area contributed by atoms with Crippen LogP contribution < -0.4 is 9.47 Å². The molecule has 194 valence electrons. The van der Waals surface area contributed by atoms with Crippen LogP contribution in [-0.4, -0.2) is 50.8 Å². The van der Waals surface area contributed by atoms with Gasteiger partial charge >= 0.3 is 5.97 Å². The van der Waals surface area contributed by atoms with Crippen molar-refractivity contribution in [2.45, 2.75) is 58.0 Å². The molecule has 35 heavy (non-hydrogen) atoms. The number of esters is 1. The smallest absolute Gasteiger partial charge is 0.303 e. The molecular weight excluding hydrogens is 469 g/mol. The topological polar surface area (TPSA) is 48.0 Å². The van der Waals surface area contributed by atoms with Gasteiger partial charge in [0.2, 0.25) is 0 Å². The van der Waals surface area contributed by atoms with Crippen LogP contribution in [0.1, 0.15) is 56.2 Å². The van der Waals surface area contributed by atoms with Gasteiger partial charge in [0.05, 0.1) is 14.2 Å². The van der Waals surface area contributed by atoms with Crippen LogP contribution in [0.25, 0.3) is 0 Å². The molecule has 0 radical (unpaired) electrons. The third kappa shape index (κ3) is 6.89. The van der Waals surface area contributed by atoms with Crippen LogP contribution >= 0.6 is 12.4 Å². The second-order valence-corrected chi connectivity index (χ2v) is 9.72. The van der Waals surface area contributed by atoms with E-state index in [4.69, 9.17) is 14.2 Å². The molecule has 1 aliphatic carbocycles. The summed E-state index contributed by atoms with van der Waals surface area (Å²) in [5.74, 6) is 1.26. The summed E-state index contributed by atoms with van der Waals surface area (Å²) in [5, 5.41) is 0. The number of hydrogen-bond acceptors (Lipinski definition) is 5. The normalized spacial score (nSPS) is 19.2. The Hall–Kier alpha value is -2.31. The highest BCUT2D eigenvalue weighted by atomic mass is 35.5. The number of ether oxygens (including phenoxy) is 3. The lowest BCUT2D eigenvalue weighted by molar-refractivity contribution is -0.164. The van der Waals surface area contributed by atoms with Gasteiger partial charge in [-0.25, -0.2) is 4.39 Å². The number of halogens is 2. The van der Waals surface area contributed by atoms with Gasteiger partial charge in [0.25, 0.3) is 0 Å². The second kappa shape index (κ2) is 12.6. The Kier molecular flexibility index (Phi) is 10.4. The Labute approximate surface area is 215 Å². The fraction of sp³-hybridized carbons (Fsp3) is 0.536. The van der Waals surface area contributed by atoms with Crippen molar-refractivity contribution in [3.8, 4) is 11.5 Å². The Bertz CT molecular complexity index is 999. The lowest BCUT2D eigenvalue weighted by atomic mass is 9.65. The van der Waals surface area contributed by atoms with Crippen LogP contribution in [0.5, 0.6) is 11.5 Å². The fourth-order valence-corrected chi connectivity index (χ4v) is 5.43. The number of hydrogen-bond donors (Lipinski definition) is 0. The van der Waals surface area contributed by atoms with E-state index in [1.165, 1.54) is 18.6 Å². The summed E-state index contributed by atoms with van der Waals surface area (Å²) in [4.78, 5) is 14.5. The van der Waals surface area contributed by atoms with Crippen molar-refractivity contribution in [2.24, 2.45) is 5.92 Å². The summed E-state index contributed by atoms with van der Waals surface area (Å²) in [7, 11) is 5.37. The van der Waals surface area contributed by atoms with Crippen molar-refractivity contribution in [3.05, 3.63) is 58.9 Å². The van der Waals surface area contributed by atoms with Gasteiger partial charge in [-0.2, -0.15) is 0 Å². The molecule has 0 unspecified atom stereocenters. The number of nitrogens with zero attached hydrogens (tertiary/aromatic N) is 1. The summed E-state index contributed by atoms with van der Waals surface area (Å²) in [5.41, 5.74) is 2.72. The number of benzene rings is 2. The predicted molar refractivity (Wildman–Crippen MR) is 139 cm³/mol. The minimum Gasteiger partial charge on any atom is -0.493 e. The lowest BCUT2D eigenvalue weighted by Crippen LogP contribution is -2.48. The Morgan fingerprint density at radius 3 is 2.46 bits per heavy atom. The molecule has 0 aliphatic heterocycles. The minimum atomic E-state index is -0.595. The standard InChI is InChI=1S/C28H38FNO4.ClH/c1-19(2)27-24-9-8-23(29)18-22(24)11-13-28(27,34-20(3)31)14-16-30(4)15-12-21-7-10-25(32-5)26(17-21)33-6;/h7-10,17-19,27H,11-16H2,1-6H3;1H/t27-,28-;/m0./s1. The average molecular weight is 508 g/mol. The highest BCUT2D eigenvalue weighted by molar-refractivity contribution is 5.85. The molecule has 0 fully saturated rings. The van der Waals surface area contributed by atoms with Crippen LogP contribution in [-0.2, 0) is 22.4 Å². The van der Waals surface area contributed by atoms with Gasteiger partial charge in [-0.05, 0) is 73.2 Å². The Morgan fingerprint density at radius 2 is 1.83 bits per heavy atom. The van der Waals surface area contributed by atoms with Crippen LogP contribution in [0, 0.1) is 11.7 Å². The molecule has 0 aromatic heterocycles. The molecule has 7 heteroatoms. The summed E-state index contributed by atoms with van der Waals surface area (Å²) in [6.45, 7) is 7.45. The zero-order valence-corrected chi connectivity index (χ0v) is 22.5. The molecule has 0 spiro atoms. The zero-order chi connectivity index (χ0) is 24.9. The van der Waals surface area contributed by atoms with Crippen molar-refractivity contribution < 1.29 is 23.4 Å². The summed E-state index contributed by atoms with van der Waals surface area (Å²) in [6, 6.07) is 11.0. The van der Waals surface area contributed by atoms with E-state index in [0.29, 0.717) is 12.8 Å². The van der Waals surface area contributed by atoms with E-state index in [9.17, 15) is 9.18 Å². The molecule has 1 aliphatic rings. The van der Waals surface area contributed by atoms with E-state index >= 15 is 0 Å². The van der Waals surface area contributed by atoms with Crippen LogP contribution in [0.2, 0.25) is 0 Å². The van der Waals surface area contributed by atoms with E-state index in [1.54, 1.807) is 20.3 Å². The van der Waals surface area contributed by atoms with Gasteiger partial charge in [0, 0.05) is 32.4 Å². The third-order valence-electron chi connectivity index (χ3n) is 6.98. The number of aryl methyl sites for hydroxylation is 1. The first-order chi connectivity index (χ1) is 16.2. The van der Waals surface area contributed by atoms with E-state index in [-0.39, 0.29) is 36.0 Å². The first-order valence-corrected chi connectivity index (χ1v) is 12.1. The SMILES string of the molecule is COc1ccc(CCN(C)CC[C@@]2(OC(C)=O)CCc3cc(F)ccc3[C@@H]2C(C)C)cc1OC.Cl. The van der Waals surface area contributed by atoms with E-state index in [2.05, 4.69) is 31.9 Å². The van der Waals surface area contributed by atoms with Gasteiger partial charge in [0.15, 0.2) is 11.5 Å². The first kappa shape index (κ1) is 28.9. The molecule has 2 aromatic rings. The van der Waals surface area contributed by atoms with Crippen LogP contribution in [0.3, 0.4) is 0 Å². The van der Waals surface area contributed by atoms with E-state index < -0.39 is 5.60 Å². The van der Waals surface area contributed by atoms with Crippen molar-refractivity contribution in [2.75, 3.05) is 34.4 Å². The van der Waals surface area contributed by atoms with Gasteiger partial charge < -0.3 is 19.1 Å². The maximum absolute atomic E-state index is 13.9. The number of rotatable bonds is 10. The maximum atomic E-state index is 13.9. The molecule has 0 heterocycles. The molecule has 5 nitrogen and oxygen atoms in total. The predicted octanol–water partition coefficient (Wildman–Crippen LogP) is 5.82. The number of methoxy groups -OCH3 is 2. The highest BCUT2D eigenvalue weighted by Crippen LogP contribution is 2.48. The molecule has 0 amide bonds. The summed E-state index contributed by atoms with van der Waals surface area (Å²) < 4.78 is 30.8. The monoisotopic (exact) mass is 507 g/mol. The number of carbonyl (C=O) groups is 1. The first-order valence-electron chi connectivity index (χ1n) is 12.1. The highest BCUT2D eigenvalue weighted by Gasteiger charge is 2.47. The molecule has 0 N–H and O–H groups in total. The summed E-state index contributed by atoms with van der Waals surface area (Å²) in [6.07, 6.45) is 3.01. The molecule has 2 atom stereocenters. The molecule has 3 rings (SSSR count). The number of carbonyl (C=O) groups excluding carboxylic acids is 1. The van der Waals surface area contributed by atoms with Gasteiger partial charge in [-0.1, -0.05) is 26.0 Å². The molecule has 2 aromatic carbocycles. The van der Waals surface area contributed by atoms with E-state index in [1.807, 2.05) is 18.2 Å². The van der Waals surface area contributed by atoms with Crippen molar-refractivity contribution >= 4 is 18.4 Å². The Morgan fingerprint density at radius 1 is 1.11 bits per heavy atom. The van der Waals surface area contributed by atoms with Crippen LogP contribution in [0.15, 0.2) is 36.4 Å². The van der Waals surface area contributed by atoms with Crippen molar-refractivity contribution in [1.29, 1.82) is 0 Å². The molecule has 0 bridgehead atoms. The minimum absolute atomic E-state index is 0.